The molecular formula is C12H20N2O5. The lowest BCUT2D eigenvalue weighted by Crippen LogP contribution is -2.40. The normalized spacial score (nSPS) is 17.5. The SMILES string of the molecule is NC(=O)OCCNC(=O)CC1(C(=O)O)CCCCC1. The van der Waals surface area contributed by atoms with Gasteiger partial charge < -0.3 is 20.9 Å². The number of carbonyl (C=O) groups is 3. The largest absolute Gasteiger partial charge is 0.481 e. The molecule has 0 aromatic carbocycles. The first-order valence-electron chi connectivity index (χ1n) is 6.39. The number of hydrogen-bond donors (Lipinski definition) is 3. The number of nitrogens with two attached hydrogens (primary N) is 1. The van der Waals surface area contributed by atoms with Gasteiger partial charge in [0.1, 0.15) is 6.61 Å². The molecule has 1 aliphatic carbocycles. The van der Waals surface area contributed by atoms with Crippen LogP contribution in [0.5, 0.6) is 0 Å². The zero-order valence-corrected chi connectivity index (χ0v) is 10.8. The van der Waals surface area contributed by atoms with Crippen molar-refractivity contribution < 1.29 is 24.2 Å². The van der Waals surface area contributed by atoms with Crippen LogP contribution in [0.3, 0.4) is 0 Å². The topological polar surface area (TPSA) is 119 Å². The highest BCUT2D eigenvalue weighted by Gasteiger charge is 2.41. The van der Waals surface area contributed by atoms with E-state index in [1.54, 1.807) is 0 Å². The highest BCUT2D eigenvalue weighted by atomic mass is 16.5. The maximum atomic E-state index is 11.7. The number of hydrogen-bond acceptors (Lipinski definition) is 4. The molecule has 1 fully saturated rings. The van der Waals surface area contributed by atoms with Gasteiger partial charge in [0.25, 0.3) is 0 Å². The maximum Gasteiger partial charge on any atom is 0.404 e. The summed E-state index contributed by atoms with van der Waals surface area (Å²) in [4.78, 5) is 33.4. The minimum absolute atomic E-state index is 0.0128. The fourth-order valence-electron chi connectivity index (χ4n) is 2.41. The van der Waals surface area contributed by atoms with Gasteiger partial charge in [-0.3, -0.25) is 9.59 Å². The van der Waals surface area contributed by atoms with Gasteiger partial charge in [-0.1, -0.05) is 19.3 Å². The fourth-order valence-corrected chi connectivity index (χ4v) is 2.41. The van der Waals surface area contributed by atoms with Crippen LogP contribution in [0, 0.1) is 5.41 Å². The zero-order chi connectivity index (χ0) is 14.3. The van der Waals surface area contributed by atoms with E-state index in [0.29, 0.717) is 12.8 Å². The summed E-state index contributed by atoms with van der Waals surface area (Å²) >= 11 is 0. The quantitative estimate of drug-likeness (QED) is 0.612. The molecule has 0 saturated heterocycles. The van der Waals surface area contributed by atoms with E-state index in [9.17, 15) is 19.5 Å². The highest BCUT2D eigenvalue weighted by molar-refractivity contribution is 5.85. The monoisotopic (exact) mass is 272 g/mol. The molecule has 4 N–H and O–H groups in total. The van der Waals surface area contributed by atoms with E-state index >= 15 is 0 Å². The van der Waals surface area contributed by atoms with Crippen LogP contribution in [-0.2, 0) is 14.3 Å². The van der Waals surface area contributed by atoms with Crippen LogP contribution >= 0.6 is 0 Å². The number of primary amides is 1. The Balaban J connectivity index is 2.39. The molecule has 0 aromatic rings. The smallest absolute Gasteiger partial charge is 0.404 e. The van der Waals surface area contributed by atoms with Gasteiger partial charge >= 0.3 is 12.1 Å². The molecule has 0 atom stereocenters. The minimum atomic E-state index is -0.938. The third-order valence-electron chi connectivity index (χ3n) is 3.43. The highest BCUT2D eigenvalue weighted by Crippen LogP contribution is 2.39. The molecule has 0 heterocycles. The number of rotatable bonds is 6. The van der Waals surface area contributed by atoms with Crippen LogP contribution in [0.1, 0.15) is 38.5 Å². The first-order chi connectivity index (χ1) is 8.96. The minimum Gasteiger partial charge on any atom is -0.481 e. The van der Waals surface area contributed by atoms with E-state index in [0.717, 1.165) is 19.3 Å². The van der Waals surface area contributed by atoms with Crippen molar-refractivity contribution in [1.29, 1.82) is 0 Å². The van der Waals surface area contributed by atoms with Gasteiger partial charge in [-0.25, -0.2) is 4.79 Å². The molecule has 0 unspecified atom stereocenters. The summed E-state index contributed by atoms with van der Waals surface area (Å²) in [6.45, 7) is 0.124. The van der Waals surface area contributed by atoms with Crippen molar-refractivity contribution in [1.82, 2.24) is 5.32 Å². The summed E-state index contributed by atoms with van der Waals surface area (Å²) in [7, 11) is 0. The van der Waals surface area contributed by atoms with Gasteiger partial charge in [0, 0.05) is 6.42 Å². The molecule has 1 saturated carbocycles. The third-order valence-corrected chi connectivity index (χ3v) is 3.43. The van der Waals surface area contributed by atoms with Crippen LogP contribution in [0.15, 0.2) is 0 Å². The molecule has 7 heteroatoms. The number of aliphatic carboxylic acids is 1. The molecule has 1 aliphatic rings. The van der Waals surface area contributed by atoms with Gasteiger partial charge in [0.05, 0.1) is 12.0 Å². The molecule has 108 valence electrons. The predicted molar refractivity (Wildman–Crippen MR) is 66.3 cm³/mol. The Morgan fingerprint density at radius 3 is 2.37 bits per heavy atom. The molecule has 0 bridgehead atoms. The standard InChI is InChI=1S/C12H20N2O5/c13-11(18)19-7-6-14-9(15)8-12(10(16)17)4-2-1-3-5-12/h1-8H2,(H2,13,18)(H,14,15)(H,16,17). The Hall–Kier alpha value is -1.79. The Labute approximate surface area is 111 Å². The first-order valence-corrected chi connectivity index (χ1v) is 6.39. The van der Waals surface area contributed by atoms with Gasteiger partial charge in [0.2, 0.25) is 5.91 Å². The predicted octanol–water partition coefficient (Wildman–Crippen LogP) is 0.623. The number of ether oxygens (including phenoxy) is 1. The first kappa shape index (κ1) is 15.3. The number of amides is 2. The fraction of sp³-hybridized carbons (Fsp3) is 0.750. The van der Waals surface area contributed by atoms with Crippen molar-refractivity contribution in [2.75, 3.05) is 13.2 Å². The van der Waals surface area contributed by atoms with Crippen molar-refractivity contribution in [3.8, 4) is 0 Å². The van der Waals surface area contributed by atoms with Crippen molar-refractivity contribution >= 4 is 18.0 Å². The van der Waals surface area contributed by atoms with Crippen LogP contribution < -0.4 is 11.1 Å². The number of carbonyl (C=O) groups excluding carboxylic acids is 2. The van der Waals surface area contributed by atoms with Crippen molar-refractivity contribution in [3.63, 3.8) is 0 Å². The number of carboxylic acids is 1. The summed E-state index contributed by atoms with van der Waals surface area (Å²) < 4.78 is 4.46. The molecule has 19 heavy (non-hydrogen) atoms. The average molecular weight is 272 g/mol. The average Bonchev–Trinajstić information content (AvgIpc) is 2.35. The van der Waals surface area contributed by atoms with E-state index in [-0.39, 0.29) is 25.5 Å². The van der Waals surface area contributed by atoms with E-state index in [1.165, 1.54) is 0 Å². The summed E-state index contributed by atoms with van der Waals surface area (Å²) in [5, 5.41) is 11.8. The lowest BCUT2D eigenvalue weighted by atomic mass is 9.71. The Bertz CT molecular complexity index is 350. The van der Waals surface area contributed by atoms with Gasteiger partial charge in [0.15, 0.2) is 0 Å². The van der Waals surface area contributed by atoms with Crippen LogP contribution in [-0.4, -0.2) is 36.2 Å². The lowest BCUT2D eigenvalue weighted by molar-refractivity contribution is -0.154. The zero-order valence-electron chi connectivity index (χ0n) is 10.8. The van der Waals surface area contributed by atoms with E-state index in [2.05, 4.69) is 10.1 Å². The summed E-state index contributed by atoms with van der Waals surface area (Å²) in [5.41, 5.74) is 3.83. The van der Waals surface area contributed by atoms with E-state index < -0.39 is 17.5 Å². The van der Waals surface area contributed by atoms with Crippen LogP contribution in [0.2, 0.25) is 0 Å². The summed E-state index contributed by atoms with van der Waals surface area (Å²) in [5.74, 6) is -1.24. The molecular weight excluding hydrogens is 252 g/mol. The molecule has 2 amide bonds. The van der Waals surface area contributed by atoms with Crippen molar-refractivity contribution in [2.45, 2.75) is 38.5 Å². The summed E-state index contributed by atoms with van der Waals surface area (Å²) in [6, 6.07) is 0. The van der Waals surface area contributed by atoms with Crippen molar-refractivity contribution in [3.05, 3.63) is 0 Å². The second kappa shape index (κ2) is 6.96. The molecule has 0 aliphatic heterocycles. The van der Waals surface area contributed by atoms with Gasteiger partial charge in [-0.05, 0) is 12.8 Å². The van der Waals surface area contributed by atoms with Gasteiger partial charge in [-0.2, -0.15) is 0 Å². The van der Waals surface area contributed by atoms with E-state index in [4.69, 9.17) is 5.73 Å². The second-order valence-corrected chi connectivity index (χ2v) is 4.84. The molecule has 0 spiro atoms. The van der Waals surface area contributed by atoms with E-state index in [1.807, 2.05) is 0 Å². The molecule has 1 rings (SSSR count). The Morgan fingerprint density at radius 2 is 1.84 bits per heavy atom. The second-order valence-electron chi connectivity index (χ2n) is 4.84. The summed E-state index contributed by atoms with van der Waals surface area (Å²) in [6.07, 6.45) is 2.83. The lowest BCUT2D eigenvalue weighted by Gasteiger charge is -2.32. The molecule has 7 nitrogen and oxygen atoms in total. The number of nitrogens with one attached hydrogen (secondary N) is 1. The van der Waals surface area contributed by atoms with Crippen LogP contribution in [0.4, 0.5) is 4.79 Å². The maximum absolute atomic E-state index is 11.7. The molecule has 0 radical (unpaired) electrons. The molecule has 0 aromatic heterocycles. The van der Waals surface area contributed by atoms with Gasteiger partial charge in [-0.15, -0.1) is 0 Å². The van der Waals surface area contributed by atoms with Crippen molar-refractivity contribution in [2.24, 2.45) is 11.1 Å². The number of carboxylic acid groups (broad SMARTS) is 1. The Kier molecular flexibility index (Phi) is 5.59. The third kappa shape index (κ3) is 4.76. The Morgan fingerprint density at radius 1 is 1.21 bits per heavy atom. The van der Waals surface area contributed by atoms with Crippen LogP contribution in [0.25, 0.3) is 0 Å².